The van der Waals surface area contributed by atoms with Crippen LogP contribution >= 0.6 is 0 Å². The largest absolute Gasteiger partial charge is 0.416 e. The summed E-state index contributed by atoms with van der Waals surface area (Å²) in [6.45, 7) is 4.16. The summed E-state index contributed by atoms with van der Waals surface area (Å²) in [5.41, 5.74) is 10.2. The summed E-state index contributed by atoms with van der Waals surface area (Å²) in [6, 6.07) is 40.4. The molecule has 6 aromatic rings. The molecule has 6 aliphatic rings. The first-order valence-corrected chi connectivity index (χ1v) is 33.4. The van der Waals surface area contributed by atoms with E-state index in [-0.39, 0.29) is 66.9 Å². The van der Waals surface area contributed by atoms with E-state index < -0.39 is 79.7 Å². The van der Waals surface area contributed by atoms with Crippen LogP contribution in [0.15, 0.2) is 158 Å². The second-order valence-electron chi connectivity index (χ2n) is 24.0. The molecule has 6 aromatic carbocycles. The van der Waals surface area contributed by atoms with Gasteiger partial charge in [-0.3, -0.25) is 0 Å². The molecule has 3 saturated heterocycles. The fourth-order valence-electron chi connectivity index (χ4n) is 13.1. The normalized spacial score (nSPS) is 26.1. The van der Waals surface area contributed by atoms with Crippen molar-refractivity contribution in [1.29, 1.82) is 0 Å². The zero-order valence-corrected chi connectivity index (χ0v) is 51.6. The van der Waals surface area contributed by atoms with Gasteiger partial charge in [0, 0.05) is 83.1 Å². The first-order valence-electron chi connectivity index (χ1n) is 30.2. The predicted molar refractivity (Wildman–Crippen MR) is 330 cm³/mol. The monoisotopic (exact) mass is 1310 g/mol. The summed E-state index contributed by atoms with van der Waals surface area (Å²) in [7, 11) is -3.50. The Morgan fingerprint density at radius 3 is 1.15 bits per heavy atom. The summed E-state index contributed by atoms with van der Waals surface area (Å²) in [5.74, 6) is -0.141. The third kappa shape index (κ3) is 16.3. The highest BCUT2D eigenvalue weighted by atomic mass is 32.2. The number of rotatable bonds is 14. The number of nitrogens with one attached hydrogen (secondary N) is 5. The van der Waals surface area contributed by atoms with Crippen LogP contribution in [-0.4, -0.2) is 86.1 Å². The Bertz CT molecular complexity index is 3690. The third-order valence-corrected chi connectivity index (χ3v) is 20.1. The number of halogens is 9. The quantitative estimate of drug-likeness (QED) is 0.0568. The minimum Gasteiger partial charge on any atom is -0.378 e. The zero-order chi connectivity index (χ0) is 65.0. The average Bonchev–Trinajstić information content (AvgIpc) is 0.794. The number of benzene rings is 6. The van der Waals surface area contributed by atoms with E-state index in [1.165, 1.54) is 24.3 Å². The van der Waals surface area contributed by atoms with Crippen molar-refractivity contribution >= 4 is 37.1 Å². The Morgan fingerprint density at radius 1 is 0.505 bits per heavy atom. The smallest absolute Gasteiger partial charge is 0.378 e. The van der Waals surface area contributed by atoms with E-state index in [1.54, 1.807) is 19.0 Å². The van der Waals surface area contributed by atoms with Crippen molar-refractivity contribution in [3.05, 3.63) is 208 Å². The fraction of sp³-hybridized carbons (Fsp3) is 0.424. The van der Waals surface area contributed by atoms with Crippen molar-refractivity contribution in [1.82, 2.24) is 14.3 Å². The van der Waals surface area contributed by atoms with Gasteiger partial charge in [-0.2, -0.15) is 39.5 Å². The molecular weight excluding hydrogens is 1240 g/mol. The average molecular weight is 1310 g/mol. The number of sulfonamides is 2. The number of fused-ring (bicyclic) bond motifs is 9. The van der Waals surface area contributed by atoms with Gasteiger partial charge >= 0.3 is 18.5 Å². The topological polar surface area (TPSA) is 185 Å². The van der Waals surface area contributed by atoms with Gasteiger partial charge in [-0.15, -0.1) is 0 Å². The van der Waals surface area contributed by atoms with E-state index in [0.29, 0.717) is 72.5 Å². The van der Waals surface area contributed by atoms with Crippen LogP contribution in [-0.2, 0) is 52.8 Å². The molecule has 0 radical (unpaired) electrons. The van der Waals surface area contributed by atoms with E-state index >= 15 is 0 Å². The van der Waals surface area contributed by atoms with E-state index in [9.17, 15) is 56.3 Å². The Morgan fingerprint density at radius 2 is 0.835 bits per heavy atom. The maximum Gasteiger partial charge on any atom is 0.416 e. The fourth-order valence-corrected chi connectivity index (χ4v) is 14.8. The summed E-state index contributed by atoms with van der Waals surface area (Å²) < 4.78 is 192. The lowest BCUT2D eigenvalue weighted by Gasteiger charge is -2.46. The first kappa shape index (κ1) is 67.3. The summed E-state index contributed by atoms with van der Waals surface area (Å²) in [4.78, 5) is 1.79. The molecule has 91 heavy (non-hydrogen) atoms. The van der Waals surface area contributed by atoms with Gasteiger partial charge in [0.2, 0.25) is 20.0 Å². The molecular formula is C66H74F9N7O7S2. The van der Waals surface area contributed by atoms with Crippen LogP contribution in [0.5, 0.6) is 0 Å². The van der Waals surface area contributed by atoms with Gasteiger partial charge in [0.1, 0.15) is 0 Å². The predicted octanol–water partition coefficient (Wildman–Crippen LogP) is 13.6. The second kappa shape index (κ2) is 28.0. The molecule has 0 aliphatic carbocycles. The third-order valence-electron chi connectivity index (χ3n) is 17.7. The molecule has 12 atom stereocenters. The van der Waals surface area contributed by atoms with Gasteiger partial charge in [0.15, 0.2) is 0 Å². The molecule has 0 amide bonds. The maximum atomic E-state index is 13.4. The highest BCUT2D eigenvalue weighted by molar-refractivity contribution is 7.92. The van der Waals surface area contributed by atoms with Crippen molar-refractivity contribution in [2.45, 2.75) is 112 Å². The molecule has 7 N–H and O–H groups in total. The van der Waals surface area contributed by atoms with E-state index in [2.05, 4.69) is 32.0 Å². The van der Waals surface area contributed by atoms with Crippen LogP contribution in [0.3, 0.4) is 0 Å². The minimum atomic E-state index is -4.46. The number of nitrogens with two attached hydrogens (primary N) is 1. The molecule has 25 heteroatoms. The van der Waals surface area contributed by atoms with Crippen LogP contribution < -0.4 is 31.1 Å². The van der Waals surface area contributed by atoms with Gasteiger partial charge in [-0.25, -0.2) is 26.3 Å². The first-order chi connectivity index (χ1) is 43.2. The number of alkyl halides is 9. The van der Waals surface area contributed by atoms with Crippen LogP contribution in [0.1, 0.15) is 125 Å². The van der Waals surface area contributed by atoms with E-state index in [4.69, 9.17) is 19.9 Å². The van der Waals surface area contributed by atoms with Crippen molar-refractivity contribution < 1.29 is 70.6 Å². The molecule has 0 unspecified atom stereocenters. The summed E-state index contributed by atoms with van der Waals surface area (Å²) in [6.07, 6.45) is -11.6. The molecule has 3 fully saturated rings. The second-order valence-corrected chi connectivity index (χ2v) is 27.7. The standard InChI is InChI=1S/C24H30F3N3O3S.C22H23F3N2O3S.C20H21F3N2O/c1-30(2)12-13-34(31,32)28-15-18-9-10-19-22(16-6-4-3-5-7-16)29-21-11-8-17(24(25,26)27)14-20(21)23(19)33-18;1-2-31(28,29)26-13-16-9-10-17-20(14-6-4-3-5-7-14)27-19-11-8-15(22(23,24)25)12-18(19)21(17)30-16;21-20(22,23)13-6-9-17-16(10-13)19-15(8-7-14(11-24)26-19)18(25-17)12-4-2-1-3-5-12/h3-8,11,14,18-19,22-23,28-29H,9-10,12-13,15H2,1-2H3;2-8,11-12,16-17,20-21,26-27H,1,9-10,13H2;1-6,9-10,14-15,18-19,25H,7-8,11,24H2/t18-,19+,22+,23+;16-,17+,20+,21+;14-,15+,18+,19+/m111/s1. The van der Waals surface area contributed by atoms with Gasteiger partial charge in [-0.1, -0.05) is 97.6 Å². The van der Waals surface area contributed by atoms with Crippen LogP contribution in [0.4, 0.5) is 56.6 Å². The number of nitrogens with zero attached hydrogens (tertiary/aromatic N) is 1. The Hall–Kier alpha value is -6.55. The van der Waals surface area contributed by atoms with Crippen molar-refractivity contribution in [3.63, 3.8) is 0 Å². The van der Waals surface area contributed by atoms with Gasteiger partial charge in [0.25, 0.3) is 0 Å². The van der Waals surface area contributed by atoms with Crippen LogP contribution in [0, 0.1) is 17.8 Å². The molecule has 0 saturated carbocycles. The number of anilines is 3. The minimum absolute atomic E-state index is 0.00385. The van der Waals surface area contributed by atoms with Gasteiger partial charge in [-0.05, 0) is 124 Å². The molecule has 490 valence electrons. The van der Waals surface area contributed by atoms with Gasteiger partial charge in [0.05, 0.1) is 77.2 Å². The Labute approximate surface area is 524 Å². The SMILES string of the molecule is C=CS(=O)(=O)NC[C@H]1CC[C@@H]2[C@H](O1)c1cc(C(F)(F)F)ccc1N[C@H]2c1ccccc1.CN(C)CCS(=O)(=O)NC[C@H]1CC[C@@H]2[C@H](O1)c1cc(C(F)(F)F)ccc1N[C@H]2c1ccccc1.NC[C@H]1CC[C@@H]2[C@H](O1)c1cc(C(F)(F)F)ccc1N[C@H]2c1ccccc1. The Kier molecular flexibility index (Phi) is 20.7. The molecule has 0 aromatic heterocycles. The van der Waals surface area contributed by atoms with Crippen molar-refractivity contribution in [3.8, 4) is 0 Å². The molecule has 6 heterocycles. The van der Waals surface area contributed by atoms with E-state index in [0.717, 1.165) is 65.3 Å². The molecule has 14 nitrogen and oxygen atoms in total. The zero-order valence-electron chi connectivity index (χ0n) is 49.9. The number of hydrogen-bond donors (Lipinski definition) is 6. The van der Waals surface area contributed by atoms with E-state index in [1.807, 2.05) is 91.0 Å². The lowest BCUT2D eigenvalue weighted by atomic mass is 9.76. The van der Waals surface area contributed by atoms with Crippen LogP contribution in [0.2, 0.25) is 0 Å². The highest BCUT2D eigenvalue weighted by Crippen LogP contribution is 2.55. The molecule has 0 spiro atoms. The highest BCUT2D eigenvalue weighted by Gasteiger charge is 2.47. The molecule has 0 bridgehead atoms. The maximum absolute atomic E-state index is 13.4. The number of ether oxygens (including phenoxy) is 3. The van der Waals surface area contributed by atoms with Crippen molar-refractivity contribution in [2.75, 3.05) is 62.0 Å². The van der Waals surface area contributed by atoms with Crippen LogP contribution in [0.25, 0.3) is 0 Å². The van der Waals surface area contributed by atoms with Crippen molar-refractivity contribution in [2.24, 2.45) is 23.5 Å². The lowest BCUT2D eigenvalue weighted by Crippen LogP contribution is -2.43. The summed E-state index contributed by atoms with van der Waals surface area (Å²) >= 11 is 0. The molecule has 6 aliphatic heterocycles. The lowest BCUT2D eigenvalue weighted by molar-refractivity contribution is -0.138. The van der Waals surface area contributed by atoms with Gasteiger partial charge < -0.3 is 40.8 Å². The summed E-state index contributed by atoms with van der Waals surface area (Å²) in [5, 5.41) is 11.1. The molecule has 12 rings (SSSR count). The Balaban J connectivity index is 0.000000151. The number of hydrogen-bond acceptors (Lipinski definition) is 12.